The van der Waals surface area contributed by atoms with Gasteiger partial charge in [-0.05, 0) is 41.3 Å². The van der Waals surface area contributed by atoms with Gasteiger partial charge in [0, 0.05) is 13.0 Å². The van der Waals surface area contributed by atoms with Crippen molar-refractivity contribution < 1.29 is 18.7 Å². The standard InChI is InChI=1S/C25H29NO4/c1-19(2)14-25(27)26(17-22-10-7-13-29-22)16-21-11-12-23(24(15-21)28-3)30-18-20-8-5-4-6-9-20/h4-13,15,19H,14,16-18H2,1-3H3. The molecule has 5 nitrogen and oxygen atoms in total. The molecular formula is C25H29NO4. The lowest BCUT2D eigenvalue weighted by Gasteiger charge is -2.23. The number of carbonyl (C=O) groups excluding carboxylic acids is 1. The SMILES string of the molecule is COc1cc(CN(Cc2ccco2)C(=O)CC(C)C)ccc1OCc1ccccc1. The lowest BCUT2D eigenvalue weighted by Crippen LogP contribution is -2.30. The molecule has 3 aromatic rings. The molecule has 1 heterocycles. The molecule has 0 bridgehead atoms. The summed E-state index contributed by atoms with van der Waals surface area (Å²) in [5, 5.41) is 0. The summed E-state index contributed by atoms with van der Waals surface area (Å²) in [6, 6.07) is 19.5. The molecule has 0 saturated heterocycles. The van der Waals surface area contributed by atoms with E-state index >= 15 is 0 Å². The Morgan fingerprint density at radius 1 is 0.967 bits per heavy atom. The lowest BCUT2D eigenvalue weighted by atomic mass is 10.1. The predicted molar refractivity (Wildman–Crippen MR) is 116 cm³/mol. The molecule has 0 aliphatic rings. The van der Waals surface area contributed by atoms with Gasteiger partial charge in [0.1, 0.15) is 12.4 Å². The minimum absolute atomic E-state index is 0.102. The smallest absolute Gasteiger partial charge is 0.223 e. The molecule has 1 aromatic heterocycles. The molecule has 0 aliphatic carbocycles. The number of ether oxygens (including phenoxy) is 2. The lowest BCUT2D eigenvalue weighted by molar-refractivity contribution is -0.133. The third-order valence-electron chi connectivity index (χ3n) is 4.70. The topological polar surface area (TPSA) is 51.9 Å². The van der Waals surface area contributed by atoms with Crippen molar-refractivity contribution in [2.75, 3.05) is 7.11 Å². The van der Waals surface area contributed by atoms with Crippen molar-refractivity contribution in [1.29, 1.82) is 0 Å². The average molecular weight is 408 g/mol. The van der Waals surface area contributed by atoms with E-state index in [9.17, 15) is 4.79 Å². The van der Waals surface area contributed by atoms with E-state index in [1.54, 1.807) is 13.4 Å². The highest BCUT2D eigenvalue weighted by molar-refractivity contribution is 5.76. The Bertz CT molecular complexity index is 920. The Labute approximate surface area is 178 Å². The number of benzene rings is 2. The van der Waals surface area contributed by atoms with Crippen molar-refractivity contribution in [2.24, 2.45) is 5.92 Å². The normalized spacial score (nSPS) is 10.8. The molecular weight excluding hydrogens is 378 g/mol. The summed E-state index contributed by atoms with van der Waals surface area (Å²) >= 11 is 0. The largest absolute Gasteiger partial charge is 0.493 e. The van der Waals surface area contributed by atoms with Crippen LogP contribution in [0.25, 0.3) is 0 Å². The number of nitrogens with zero attached hydrogens (tertiary/aromatic N) is 1. The van der Waals surface area contributed by atoms with Crippen molar-refractivity contribution >= 4 is 5.91 Å². The summed E-state index contributed by atoms with van der Waals surface area (Å²) in [5.74, 6) is 2.49. The Morgan fingerprint density at radius 2 is 1.77 bits per heavy atom. The molecule has 3 rings (SSSR count). The number of hydrogen-bond acceptors (Lipinski definition) is 4. The van der Waals surface area contributed by atoms with Crippen molar-refractivity contribution in [2.45, 2.75) is 40.0 Å². The fourth-order valence-electron chi connectivity index (χ4n) is 3.19. The number of hydrogen-bond donors (Lipinski definition) is 0. The fourth-order valence-corrected chi connectivity index (χ4v) is 3.19. The molecule has 0 spiro atoms. The van der Waals surface area contributed by atoms with Gasteiger partial charge in [0.15, 0.2) is 11.5 Å². The Hall–Kier alpha value is -3.21. The van der Waals surface area contributed by atoms with E-state index in [2.05, 4.69) is 0 Å². The van der Waals surface area contributed by atoms with E-state index < -0.39 is 0 Å². The van der Waals surface area contributed by atoms with E-state index in [1.165, 1.54) is 0 Å². The number of carbonyl (C=O) groups is 1. The highest BCUT2D eigenvalue weighted by Gasteiger charge is 2.18. The molecule has 0 N–H and O–H groups in total. The predicted octanol–water partition coefficient (Wildman–Crippen LogP) is 5.44. The first-order valence-corrected chi connectivity index (χ1v) is 10.2. The fraction of sp³-hybridized carbons (Fsp3) is 0.320. The third kappa shape index (κ3) is 6.14. The maximum atomic E-state index is 12.8. The summed E-state index contributed by atoms with van der Waals surface area (Å²) in [4.78, 5) is 14.6. The second kappa shape index (κ2) is 10.5. The number of furan rings is 1. The van der Waals surface area contributed by atoms with Crippen LogP contribution < -0.4 is 9.47 Å². The van der Waals surface area contributed by atoms with Crippen LogP contribution in [-0.4, -0.2) is 17.9 Å². The monoisotopic (exact) mass is 407 g/mol. The molecule has 0 aliphatic heterocycles. The van der Waals surface area contributed by atoms with E-state index in [0.29, 0.717) is 43.5 Å². The second-order valence-corrected chi connectivity index (χ2v) is 7.69. The second-order valence-electron chi connectivity index (χ2n) is 7.69. The van der Waals surface area contributed by atoms with Gasteiger partial charge in [-0.15, -0.1) is 0 Å². The Morgan fingerprint density at radius 3 is 2.43 bits per heavy atom. The van der Waals surface area contributed by atoms with Gasteiger partial charge in [-0.3, -0.25) is 4.79 Å². The van der Waals surface area contributed by atoms with Crippen LogP contribution in [0.1, 0.15) is 37.2 Å². The summed E-state index contributed by atoms with van der Waals surface area (Å²) < 4.78 is 16.9. The van der Waals surface area contributed by atoms with Gasteiger partial charge in [0.05, 0.1) is 19.9 Å². The number of rotatable bonds is 10. The van der Waals surface area contributed by atoms with Crippen LogP contribution in [0.2, 0.25) is 0 Å². The summed E-state index contributed by atoms with van der Waals surface area (Å²) in [7, 11) is 1.62. The molecule has 0 radical (unpaired) electrons. The van der Waals surface area contributed by atoms with Crippen molar-refractivity contribution in [3.8, 4) is 11.5 Å². The van der Waals surface area contributed by atoms with E-state index in [-0.39, 0.29) is 5.91 Å². The van der Waals surface area contributed by atoms with Gasteiger partial charge in [0.2, 0.25) is 5.91 Å². The molecule has 30 heavy (non-hydrogen) atoms. The van der Waals surface area contributed by atoms with Crippen LogP contribution in [0.3, 0.4) is 0 Å². The summed E-state index contributed by atoms with van der Waals surface area (Å²) in [6.07, 6.45) is 2.12. The first-order chi connectivity index (χ1) is 14.5. The number of amides is 1. The Balaban J connectivity index is 1.72. The van der Waals surface area contributed by atoms with E-state index in [0.717, 1.165) is 16.9 Å². The highest BCUT2D eigenvalue weighted by Crippen LogP contribution is 2.29. The summed E-state index contributed by atoms with van der Waals surface area (Å²) in [6.45, 7) is 5.47. The zero-order valence-corrected chi connectivity index (χ0v) is 17.8. The van der Waals surface area contributed by atoms with Crippen LogP contribution in [0.4, 0.5) is 0 Å². The van der Waals surface area contributed by atoms with E-state index in [4.69, 9.17) is 13.9 Å². The molecule has 1 amide bonds. The van der Waals surface area contributed by atoms with Gasteiger partial charge in [-0.2, -0.15) is 0 Å². The highest BCUT2D eigenvalue weighted by atomic mass is 16.5. The van der Waals surface area contributed by atoms with Gasteiger partial charge >= 0.3 is 0 Å². The molecule has 0 fully saturated rings. The minimum atomic E-state index is 0.102. The molecule has 158 valence electrons. The van der Waals surface area contributed by atoms with E-state index in [1.807, 2.05) is 79.4 Å². The third-order valence-corrected chi connectivity index (χ3v) is 4.70. The Kier molecular flexibility index (Phi) is 7.55. The van der Waals surface area contributed by atoms with Crippen LogP contribution in [0.5, 0.6) is 11.5 Å². The van der Waals surface area contributed by atoms with Crippen molar-refractivity contribution in [3.63, 3.8) is 0 Å². The first kappa shape index (κ1) is 21.5. The first-order valence-electron chi connectivity index (χ1n) is 10.2. The quantitative estimate of drug-likeness (QED) is 0.449. The maximum absolute atomic E-state index is 12.8. The van der Waals surface area contributed by atoms with Crippen molar-refractivity contribution in [3.05, 3.63) is 83.8 Å². The minimum Gasteiger partial charge on any atom is -0.493 e. The van der Waals surface area contributed by atoms with Crippen LogP contribution in [0, 0.1) is 5.92 Å². The zero-order chi connectivity index (χ0) is 21.3. The van der Waals surface area contributed by atoms with Crippen LogP contribution in [0.15, 0.2) is 71.3 Å². The molecule has 0 saturated carbocycles. The summed E-state index contributed by atoms with van der Waals surface area (Å²) in [5.41, 5.74) is 2.06. The van der Waals surface area contributed by atoms with Gasteiger partial charge in [-0.25, -0.2) is 0 Å². The maximum Gasteiger partial charge on any atom is 0.223 e. The van der Waals surface area contributed by atoms with Crippen LogP contribution >= 0.6 is 0 Å². The molecule has 2 aromatic carbocycles. The van der Waals surface area contributed by atoms with Crippen LogP contribution in [-0.2, 0) is 24.5 Å². The number of methoxy groups -OCH3 is 1. The van der Waals surface area contributed by atoms with Crippen molar-refractivity contribution in [1.82, 2.24) is 4.90 Å². The zero-order valence-electron chi connectivity index (χ0n) is 17.8. The molecule has 0 atom stereocenters. The van der Waals surface area contributed by atoms with Gasteiger partial charge < -0.3 is 18.8 Å². The average Bonchev–Trinajstić information content (AvgIpc) is 3.25. The van der Waals surface area contributed by atoms with Gasteiger partial charge in [-0.1, -0.05) is 50.2 Å². The molecule has 5 heteroatoms. The molecule has 0 unspecified atom stereocenters. The van der Waals surface area contributed by atoms with Gasteiger partial charge in [0.25, 0.3) is 0 Å².